The number of halogens is 4. The minimum Gasteiger partial charge on any atom is -0.385 e. The van der Waals surface area contributed by atoms with Crippen LogP contribution in [0.3, 0.4) is 0 Å². The fraction of sp³-hybridized carbons (Fsp3) is 0.333. The van der Waals surface area contributed by atoms with Crippen LogP contribution >= 0.6 is 23.4 Å². The van der Waals surface area contributed by atoms with E-state index in [4.69, 9.17) is 11.6 Å². The lowest BCUT2D eigenvalue weighted by Gasteiger charge is -2.43. The summed E-state index contributed by atoms with van der Waals surface area (Å²) in [6.07, 6.45) is 5.25. The molecule has 1 amide bonds. The molecule has 4 atom stereocenters. The fourth-order valence-electron chi connectivity index (χ4n) is 5.52. The summed E-state index contributed by atoms with van der Waals surface area (Å²) in [5.41, 5.74) is 0.965. The number of thioether (sulfide) groups is 1. The van der Waals surface area contributed by atoms with Crippen LogP contribution in [-0.4, -0.2) is 21.2 Å². The number of aromatic nitrogens is 1. The third-order valence-corrected chi connectivity index (χ3v) is 9.06. The maximum Gasteiger partial charge on any atom is 0.255 e. The summed E-state index contributed by atoms with van der Waals surface area (Å²) in [4.78, 5) is 17.8. The first-order valence-corrected chi connectivity index (χ1v) is 13.0. The number of carbonyl (C=O) groups excluding carboxylic acids is 1. The van der Waals surface area contributed by atoms with Gasteiger partial charge in [0.2, 0.25) is 0 Å². The topological polar surface area (TPSA) is 62.2 Å². The summed E-state index contributed by atoms with van der Waals surface area (Å²) in [7, 11) is 0. The van der Waals surface area contributed by atoms with E-state index in [1.807, 2.05) is 19.1 Å². The third kappa shape index (κ3) is 4.62. The standard InChI is InChI=1S/C27H24ClF3N2O2S/c1-14-2-4-18(13-32-14)27(35)16-5-6-17(27)10-20(9-16)36-24-8-15(3-7-21(24)28)26(34)33-19-11-22(29)25(31)23(30)12-19/h2-4,7-8,11-13,16-17,20,35H,5-6,9-10H2,1H3,(H,33,34)/t16-,17?,20-,27-/m0/s1. The Balaban J connectivity index is 1.31. The zero-order chi connectivity index (χ0) is 25.6. The number of fused-ring (bicyclic) bond motifs is 2. The summed E-state index contributed by atoms with van der Waals surface area (Å²) in [6.45, 7) is 1.92. The highest BCUT2D eigenvalue weighted by atomic mass is 35.5. The molecule has 188 valence electrons. The van der Waals surface area contributed by atoms with Gasteiger partial charge in [0.05, 0.1) is 10.6 Å². The van der Waals surface area contributed by atoms with Gasteiger partial charge in [-0.15, -0.1) is 11.8 Å². The van der Waals surface area contributed by atoms with Crippen molar-refractivity contribution in [3.05, 3.63) is 88.0 Å². The summed E-state index contributed by atoms with van der Waals surface area (Å²) in [5, 5.41) is 14.8. The molecule has 3 aromatic rings. The van der Waals surface area contributed by atoms with Crippen LogP contribution in [-0.2, 0) is 5.60 Å². The van der Waals surface area contributed by atoms with Crippen molar-refractivity contribution in [2.45, 2.75) is 48.4 Å². The molecule has 2 aromatic carbocycles. The van der Waals surface area contributed by atoms with E-state index in [9.17, 15) is 23.1 Å². The van der Waals surface area contributed by atoms with Crippen LogP contribution in [0.4, 0.5) is 18.9 Å². The molecular weight excluding hydrogens is 509 g/mol. The highest BCUT2D eigenvalue weighted by Crippen LogP contribution is 2.57. The molecule has 1 aromatic heterocycles. The lowest BCUT2D eigenvalue weighted by molar-refractivity contribution is -0.0643. The maximum atomic E-state index is 13.5. The van der Waals surface area contributed by atoms with Crippen molar-refractivity contribution in [1.29, 1.82) is 0 Å². The predicted molar refractivity (Wildman–Crippen MR) is 134 cm³/mol. The molecule has 1 unspecified atom stereocenters. The minimum absolute atomic E-state index is 0.104. The van der Waals surface area contributed by atoms with Gasteiger partial charge >= 0.3 is 0 Å². The van der Waals surface area contributed by atoms with Crippen LogP contribution in [0.25, 0.3) is 0 Å². The van der Waals surface area contributed by atoms with Gasteiger partial charge in [0.1, 0.15) is 0 Å². The number of aryl methyl sites for hydroxylation is 1. The second-order valence-corrected chi connectivity index (χ2v) is 11.3. The summed E-state index contributed by atoms with van der Waals surface area (Å²) >= 11 is 8.02. The third-order valence-electron chi connectivity index (χ3n) is 7.31. The quantitative estimate of drug-likeness (QED) is 0.352. The highest BCUT2D eigenvalue weighted by molar-refractivity contribution is 8.00. The summed E-state index contributed by atoms with van der Waals surface area (Å²) < 4.78 is 40.2. The van der Waals surface area contributed by atoms with Gasteiger partial charge in [0, 0.05) is 51.0 Å². The second kappa shape index (κ2) is 9.72. The first-order valence-electron chi connectivity index (χ1n) is 11.7. The molecule has 2 N–H and O–H groups in total. The molecule has 2 aliphatic rings. The number of benzene rings is 2. The van der Waals surface area contributed by atoms with Crippen LogP contribution < -0.4 is 5.32 Å². The Morgan fingerprint density at radius 1 is 1.08 bits per heavy atom. The Labute approximate surface area is 216 Å². The van der Waals surface area contributed by atoms with Gasteiger partial charge in [0.15, 0.2) is 17.5 Å². The molecule has 0 radical (unpaired) electrons. The molecule has 0 aliphatic heterocycles. The van der Waals surface area contributed by atoms with Crippen molar-refractivity contribution < 1.29 is 23.1 Å². The van der Waals surface area contributed by atoms with Crippen molar-refractivity contribution in [3.8, 4) is 0 Å². The molecule has 2 bridgehead atoms. The number of carbonyl (C=O) groups is 1. The van der Waals surface area contributed by atoms with E-state index < -0.39 is 29.0 Å². The van der Waals surface area contributed by atoms with E-state index in [2.05, 4.69) is 10.3 Å². The van der Waals surface area contributed by atoms with Crippen molar-refractivity contribution in [3.63, 3.8) is 0 Å². The van der Waals surface area contributed by atoms with E-state index >= 15 is 0 Å². The molecule has 36 heavy (non-hydrogen) atoms. The molecule has 2 saturated carbocycles. The van der Waals surface area contributed by atoms with Crippen molar-refractivity contribution in [2.24, 2.45) is 11.8 Å². The predicted octanol–water partition coefficient (Wildman–Crippen LogP) is 6.88. The van der Waals surface area contributed by atoms with Crippen molar-refractivity contribution in [1.82, 2.24) is 4.98 Å². The molecule has 0 saturated heterocycles. The van der Waals surface area contributed by atoms with Crippen LogP contribution in [0.15, 0.2) is 53.6 Å². The Kier molecular flexibility index (Phi) is 6.78. The van der Waals surface area contributed by atoms with Gasteiger partial charge < -0.3 is 10.4 Å². The number of anilines is 1. The summed E-state index contributed by atoms with van der Waals surface area (Å²) in [6, 6.07) is 10.1. The van der Waals surface area contributed by atoms with E-state index in [-0.39, 0.29) is 28.3 Å². The van der Waals surface area contributed by atoms with Gasteiger partial charge in [0.25, 0.3) is 5.91 Å². The van der Waals surface area contributed by atoms with Crippen LogP contribution in [0.1, 0.15) is 47.3 Å². The van der Waals surface area contributed by atoms with Crippen molar-refractivity contribution >= 4 is 35.0 Å². The molecule has 2 fully saturated rings. The number of amides is 1. The van der Waals surface area contributed by atoms with Gasteiger partial charge in [-0.3, -0.25) is 9.78 Å². The maximum absolute atomic E-state index is 13.5. The van der Waals surface area contributed by atoms with Gasteiger partial charge in [-0.1, -0.05) is 17.7 Å². The number of nitrogens with one attached hydrogen (secondary N) is 1. The van der Waals surface area contributed by atoms with E-state index in [1.165, 1.54) is 6.07 Å². The largest absolute Gasteiger partial charge is 0.385 e. The molecule has 5 rings (SSSR count). The molecule has 4 nitrogen and oxygen atoms in total. The molecular formula is C27H24ClF3N2O2S. The number of aliphatic hydroxyl groups is 1. The Morgan fingerprint density at radius 3 is 2.36 bits per heavy atom. The zero-order valence-electron chi connectivity index (χ0n) is 19.4. The monoisotopic (exact) mass is 532 g/mol. The Bertz CT molecular complexity index is 1280. The molecule has 0 spiro atoms. The average Bonchev–Trinajstić information content (AvgIpc) is 3.01. The Morgan fingerprint density at radius 2 is 1.75 bits per heavy atom. The number of nitrogens with zero attached hydrogens (tertiary/aromatic N) is 1. The SMILES string of the molecule is Cc1ccc([C@@]2(O)C3CC[C@H]2C[C@H](Sc2cc(C(=O)Nc4cc(F)c(F)c(F)c4)ccc2Cl)C3)cn1. The fourth-order valence-corrected chi connectivity index (χ4v) is 7.16. The highest BCUT2D eigenvalue weighted by Gasteiger charge is 2.54. The normalized spacial score (nSPS) is 25.1. The number of hydrogen-bond acceptors (Lipinski definition) is 4. The summed E-state index contributed by atoms with van der Waals surface area (Å²) in [5.74, 6) is -4.75. The van der Waals surface area contributed by atoms with Gasteiger partial charge in [-0.25, -0.2) is 13.2 Å². The van der Waals surface area contributed by atoms with E-state index in [0.717, 1.165) is 49.1 Å². The number of pyridine rings is 1. The van der Waals surface area contributed by atoms with Crippen LogP contribution in [0.2, 0.25) is 5.02 Å². The van der Waals surface area contributed by atoms with Gasteiger partial charge in [-0.05, 0) is 68.7 Å². The lowest BCUT2D eigenvalue weighted by atomic mass is 9.71. The molecule has 1 heterocycles. The van der Waals surface area contributed by atoms with E-state index in [1.54, 1.807) is 30.1 Å². The zero-order valence-corrected chi connectivity index (χ0v) is 21.0. The van der Waals surface area contributed by atoms with Gasteiger partial charge in [-0.2, -0.15) is 0 Å². The average molecular weight is 533 g/mol. The molecule has 2 aliphatic carbocycles. The van der Waals surface area contributed by atoms with E-state index in [0.29, 0.717) is 9.92 Å². The minimum atomic E-state index is -1.59. The first kappa shape index (κ1) is 25.1. The lowest BCUT2D eigenvalue weighted by Crippen LogP contribution is -2.43. The smallest absolute Gasteiger partial charge is 0.255 e. The Hall–Kier alpha value is -2.55. The first-order chi connectivity index (χ1) is 17.1. The number of hydrogen-bond donors (Lipinski definition) is 2. The van der Waals surface area contributed by atoms with Crippen LogP contribution in [0, 0.1) is 36.2 Å². The second-order valence-electron chi connectivity index (χ2n) is 9.55. The van der Waals surface area contributed by atoms with Crippen molar-refractivity contribution in [2.75, 3.05) is 5.32 Å². The number of rotatable bonds is 5. The molecule has 9 heteroatoms. The van der Waals surface area contributed by atoms with Crippen LogP contribution in [0.5, 0.6) is 0 Å².